The Bertz CT molecular complexity index is 419. The first kappa shape index (κ1) is 16.4. The summed E-state index contributed by atoms with van der Waals surface area (Å²) in [6.07, 6.45) is 0. The normalized spacial score (nSPS) is 11.0. The van der Waals surface area contributed by atoms with Gasteiger partial charge in [-0.15, -0.1) is 0 Å². The van der Waals surface area contributed by atoms with Gasteiger partial charge in [0, 0.05) is 17.2 Å². The van der Waals surface area contributed by atoms with Gasteiger partial charge in [-0.2, -0.15) is 0 Å². The van der Waals surface area contributed by atoms with Crippen molar-refractivity contribution in [3.05, 3.63) is 33.8 Å². The average molecular weight is 305 g/mol. The van der Waals surface area contributed by atoms with Crippen molar-refractivity contribution in [2.45, 2.75) is 13.8 Å². The van der Waals surface area contributed by atoms with Crippen LogP contribution in [0.15, 0.2) is 18.2 Å². The van der Waals surface area contributed by atoms with Gasteiger partial charge in [0.05, 0.1) is 18.2 Å². The van der Waals surface area contributed by atoms with E-state index in [-0.39, 0.29) is 12.4 Å². The Balaban J connectivity index is 2.28. The number of carbonyl (C=O) groups excluding carboxylic acids is 1. The summed E-state index contributed by atoms with van der Waals surface area (Å²) in [4.78, 5) is 11.8. The quantitative estimate of drug-likeness (QED) is 0.540. The Morgan fingerprint density at radius 3 is 2.53 bits per heavy atom. The molecule has 0 aliphatic heterocycles. The van der Waals surface area contributed by atoms with Gasteiger partial charge in [0.2, 0.25) is 0 Å². The second-order valence-corrected chi connectivity index (χ2v) is 5.41. The van der Waals surface area contributed by atoms with Crippen molar-refractivity contribution >= 4 is 29.0 Å². The molecule has 1 aromatic rings. The van der Waals surface area contributed by atoms with Crippen LogP contribution in [0.1, 0.15) is 24.2 Å². The summed E-state index contributed by atoms with van der Waals surface area (Å²) in [6.45, 7) is 5.72. The number of hydrogen-bond acceptors (Lipinski definition) is 3. The highest BCUT2D eigenvalue weighted by Gasteiger charge is 2.10. The molecule has 0 amide bonds. The van der Waals surface area contributed by atoms with Gasteiger partial charge in [-0.25, -0.2) is 0 Å². The molecule has 0 unspecified atom stereocenters. The van der Waals surface area contributed by atoms with Crippen molar-refractivity contribution in [3.8, 4) is 0 Å². The van der Waals surface area contributed by atoms with Crippen molar-refractivity contribution < 1.29 is 14.3 Å². The fourth-order valence-corrected chi connectivity index (χ4v) is 1.91. The molecule has 0 aliphatic rings. The van der Waals surface area contributed by atoms with Crippen molar-refractivity contribution in [1.82, 2.24) is 0 Å². The summed E-state index contributed by atoms with van der Waals surface area (Å²) in [7, 11) is 0. The lowest BCUT2D eigenvalue weighted by Crippen LogP contribution is -2.14. The molecule has 0 heterocycles. The Kier molecular flexibility index (Phi) is 7.39. The maximum absolute atomic E-state index is 11.8. The van der Waals surface area contributed by atoms with E-state index in [9.17, 15) is 4.79 Å². The second kappa shape index (κ2) is 8.54. The molecule has 3 nitrogen and oxygen atoms in total. The minimum Gasteiger partial charge on any atom is -0.379 e. The van der Waals surface area contributed by atoms with Crippen LogP contribution in [0.2, 0.25) is 10.0 Å². The third-order valence-electron chi connectivity index (χ3n) is 2.29. The molecule has 106 valence electrons. The lowest BCUT2D eigenvalue weighted by Gasteiger charge is -2.08. The number of ether oxygens (including phenoxy) is 2. The minimum atomic E-state index is -0.162. The van der Waals surface area contributed by atoms with E-state index >= 15 is 0 Å². The van der Waals surface area contributed by atoms with E-state index in [1.807, 2.05) is 0 Å². The SMILES string of the molecule is CC(C)COCCOCC(=O)c1ccc(Cl)cc1Cl. The van der Waals surface area contributed by atoms with E-state index < -0.39 is 0 Å². The molecule has 0 atom stereocenters. The lowest BCUT2D eigenvalue weighted by molar-refractivity contribution is 0.0364. The number of hydrogen-bond donors (Lipinski definition) is 0. The number of Topliss-reactive ketones (excluding diaryl/α,β-unsaturated/α-hetero) is 1. The van der Waals surface area contributed by atoms with Crippen LogP contribution in [0.3, 0.4) is 0 Å². The molecule has 0 fully saturated rings. The second-order valence-electron chi connectivity index (χ2n) is 4.57. The van der Waals surface area contributed by atoms with Crippen molar-refractivity contribution in [1.29, 1.82) is 0 Å². The molecule has 0 saturated carbocycles. The van der Waals surface area contributed by atoms with Gasteiger partial charge in [0.15, 0.2) is 5.78 Å². The third-order valence-corrected chi connectivity index (χ3v) is 2.84. The number of halogens is 2. The summed E-state index contributed by atoms with van der Waals surface area (Å²) < 4.78 is 10.6. The monoisotopic (exact) mass is 304 g/mol. The van der Waals surface area contributed by atoms with Gasteiger partial charge in [-0.05, 0) is 24.1 Å². The molecule has 0 spiro atoms. The van der Waals surface area contributed by atoms with Crippen molar-refractivity contribution in [3.63, 3.8) is 0 Å². The van der Waals surface area contributed by atoms with E-state index in [4.69, 9.17) is 32.7 Å². The first-order valence-corrected chi connectivity index (χ1v) is 6.90. The van der Waals surface area contributed by atoms with Crippen LogP contribution in [0.25, 0.3) is 0 Å². The van der Waals surface area contributed by atoms with Crippen LogP contribution < -0.4 is 0 Å². The van der Waals surface area contributed by atoms with Crippen LogP contribution in [-0.4, -0.2) is 32.2 Å². The smallest absolute Gasteiger partial charge is 0.189 e. The van der Waals surface area contributed by atoms with Gasteiger partial charge in [-0.1, -0.05) is 37.0 Å². The molecule has 0 aliphatic carbocycles. The van der Waals surface area contributed by atoms with Crippen LogP contribution in [0.5, 0.6) is 0 Å². The lowest BCUT2D eigenvalue weighted by atomic mass is 10.1. The molecule has 0 bridgehead atoms. The predicted octanol–water partition coefficient (Wildman–Crippen LogP) is 3.87. The average Bonchev–Trinajstić information content (AvgIpc) is 2.32. The standard InChI is InChI=1S/C14H18Cl2O3/c1-10(2)8-18-5-6-19-9-14(17)12-4-3-11(15)7-13(12)16/h3-4,7,10H,5-6,8-9H2,1-2H3. The molecule has 1 aromatic carbocycles. The highest BCUT2D eigenvalue weighted by Crippen LogP contribution is 2.21. The Morgan fingerprint density at radius 1 is 1.21 bits per heavy atom. The minimum absolute atomic E-state index is 0.00755. The largest absolute Gasteiger partial charge is 0.379 e. The fraction of sp³-hybridized carbons (Fsp3) is 0.500. The fourth-order valence-electron chi connectivity index (χ4n) is 1.40. The van der Waals surface area contributed by atoms with E-state index in [0.29, 0.717) is 41.3 Å². The van der Waals surface area contributed by atoms with E-state index in [1.54, 1.807) is 18.2 Å². The zero-order valence-corrected chi connectivity index (χ0v) is 12.6. The summed E-state index contributed by atoms with van der Waals surface area (Å²) >= 11 is 11.7. The van der Waals surface area contributed by atoms with Crippen molar-refractivity contribution in [2.75, 3.05) is 26.4 Å². The van der Waals surface area contributed by atoms with E-state index in [1.165, 1.54) is 0 Å². The summed E-state index contributed by atoms with van der Waals surface area (Å²) in [5.41, 5.74) is 0.425. The highest BCUT2D eigenvalue weighted by molar-refractivity contribution is 6.36. The van der Waals surface area contributed by atoms with E-state index in [2.05, 4.69) is 13.8 Å². The summed E-state index contributed by atoms with van der Waals surface area (Å²) in [6, 6.07) is 4.78. The van der Waals surface area contributed by atoms with Crippen LogP contribution in [0, 0.1) is 5.92 Å². The number of carbonyl (C=O) groups is 1. The molecular formula is C14H18Cl2O3. The maximum atomic E-state index is 11.8. The van der Waals surface area contributed by atoms with Gasteiger partial charge >= 0.3 is 0 Å². The van der Waals surface area contributed by atoms with E-state index in [0.717, 1.165) is 0 Å². The van der Waals surface area contributed by atoms with Crippen molar-refractivity contribution in [2.24, 2.45) is 5.92 Å². The number of ketones is 1. The number of benzene rings is 1. The Morgan fingerprint density at radius 2 is 1.89 bits per heavy atom. The van der Waals surface area contributed by atoms with Crippen LogP contribution >= 0.6 is 23.2 Å². The zero-order chi connectivity index (χ0) is 14.3. The third kappa shape index (κ3) is 6.39. The Hall–Kier alpha value is -0.610. The first-order valence-electron chi connectivity index (χ1n) is 6.14. The molecule has 0 radical (unpaired) electrons. The molecule has 1 rings (SSSR count). The van der Waals surface area contributed by atoms with Gasteiger partial charge in [0.1, 0.15) is 6.61 Å². The predicted molar refractivity (Wildman–Crippen MR) is 77.3 cm³/mol. The van der Waals surface area contributed by atoms with Gasteiger partial charge in [-0.3, -0.25) is 4.79 Å². The van der Waals surface area contributed by atoms with Crippen LogP contribution in [-0.2, 0) is 9.47 Å². The maximum Gasteiger partial charge on any atom is 0.189 e. The molecule has 5 heteroatoms. The number of rotatable bonds is 8. The molecule has 0 saturated heterocycles. The molecule has 19 heavy (non-hydrogen) atoms. The molecular weight excluding hydrogens is 287 g/mol. The summed E-state index contributed by atoms with van der Waals surface area (Å²) in [5, 5.41) is 0.849. The molecule has 0 aromatic heterocycles. The van der Waals surface area contributed by atoms with Gasteiger partial charge in [0.25, 0.3) is 0 Å². The topological polar surface area (TPSA) is 35.5 Å². The van der Waals surface area contributed by atoms with Crippen LogP contribution in [0.4, 0.5) is 0 Å². The van der Waals surface area contributed by atoms with Gasteiger partial charge < -0.3 is 9.47 Å². The highest BCUT2D eigenvalue weighted by atomic mass is 35.5. The zero-order valence-electron chi connectivity index (χ0n) is 11.1. The first-order chi connectivity index (χ1) is 9.00. The molecule has 0 N–H and O–H groups in total. The Labute approximate surface area is 123 Å². The summed E-state index contributed by atoms with van der Waals surface area (Å²) in [5.74, 6) is 0.333.